The van der Waals surface area contributed by atoms with Gasteiger partial charge in [0.15, 0.2) is 5.69 Å². The van der Waals surface area contributed by atoms with E-state index in [9.17, 15) is 4.79 Å². The molecule has 3 aromatic rings. The van der Waals surface area contributed by atoms with Gasteiger partial charge in [0.05, 0.1) is 18.1 Å². The Balaban J connectivity index is 1.65. The first kappa shape index (κ1) is 17.3. The largest absolute Gasteiger partial charge is 0.443 e. The van der Waals surface area contributed by atoms with Crippen LogP contribution < -0.4 is 10.6 Å². The third-order valence-corrected chi connectivity index (χ3v) is 4.64. The van der Waals surface area contributed by atoms with Crippen molar-refractivity contribution in [1.82, 2.24) is 30.6 Å². The first-order valence-electron chi connectivity index (χ1n) is 8.86. The van der Waals surface area contributed by atoms with Crippen LogP contribution in [0.3, 0.4) is 0 Å². The number of amides is 1. The predicted molar refractivity (Wildman–Crippen MR) is 98.7 cm³/mol. The second kappa shape index (κ2) is 7.24. The van der Waals surface area contributed by atoms with E-state index >= 15 is 0 Å². The van der Waals surface area contributed by atoms with Crippen molar-refractivity contribution in [2.75, 3.05) is 13.1 Å². The Bertz CT molecular complexity index is 921. The van der Waals surface area contributed by atoms with E-state index in [1.807, 2.05) is 6.07 Å². The van der Waals surface area contributed by atoms with Gasteiger partial charge < -0.3 is 15.1 Å². The van der Waals surface area contributed by atoms with Crippen molar-refractivity contribution < 1.29 is 9.21 Å². The summed E-state index contributed by atoms with van der Waals surface area (Å²) in [7, 11) is 0. The molecule has 3 aromatic heterocycles. The van der Waals surface area contributed by atoms with E-state index in [1.54, 1.807) is 18.3 Å². The van der Waals surface area contributed by atoms with Gasteiger partial charge in [0.2, 0.25) is 5.89 Å². The number of rotatable bonds is 5. The third kappa shape index (κ3) is 3.70. The predicted octanol–water partition coefficient (Wildman–Crippen LogP) is 2.07. The van der Waals surface area contributed by atoms with Gasteiger partial charge in [0, 0.05) is 18.3 Å². The van der Waals surface area contributed by atoms with Gasteiger partial charge in [-0.15, -0.1) is 0 Å². The van der Waals surface area contributed by atoms with Gasteiger partial charge in [-0.2, -0.15) is 0 Å². The van der Waals surface area contributed by atoms with Crippen molar-refractivity contribution in [3.63, 3.8) is 0 Å². The maximum absolute atomic E-state index is 12.8. The van der Waals surface area contributed by atoms with Crippen molar-refractivity contribution in [2.24, 2.45) is 0 Å². The highest BCUT2D eigenvalue weighted by molar-refractivity contribution is 5.97. The molecule has 4 heterocycles. The van der Waals surface area contributed by atoms with Gasteiger partial charge in [-0.25, -0.2) is 15.0 Å². The Hall–Kier alpha value is -3.13. The molecule has 0 spiro atoms. The van der Waals surface area contributed by atoms with Crippen molar-refractivity contribution >= 4 is 5.91 Å². The van der Waals surface area contributed by atoms with Crippen LogP contribution in [0, 0.1) is 0 Å². The van der Waals surface area contributed by atoms with E-state index in [1.165, 1.54) is 18.7 Å². The number of pyridine rings is 1. The van der Waals surface area contributed by atoms with Gasteiger partial charge in [0.1, 0.15) is 17.7 Å². The topological polar surface area (TPSA) is 106 Å². The number of carbonyl (C=O) groups is 1. The number of carbonyl (C=O) groups excluding carboxylic acids is 1. The fourth-order valence-electron chi connectivity index (χ4n) is 3.16. The van der Waals surface area contributed by atoms with Gasteiger partial charge in [-0.05, 0) is 38.4 Å². The van der Waals surface area contributed by atoms with E-state index in [4.69, 9.17) is 4.42 Å². The molecule has 0 aliphatic carbocycles. The van der Waals surface area contributed by atoms with Gasteiger partial charge in [-0.1, -0.05) is 6.07 Å². The summed E-state index contributed by atoms with van der Waals surface area (Å²) >= 11 is 0. The standard InChI is InChI=1S/C19H20N6O2/c1-19(6-4-8-24-19)12-23-17(26)16-15(13-5-2-3-7-20-13)25-14(11-22-16)18-21-9-10-27-18/h2-3,5,7,9-11,24H,4,6,8,12H2,1H3,(H,23,26). The summed E-state index contributed by atoms with van der Waals surface area (Å²) in [4.78, 5) is 30.1. The van der Waals surface area contributed by atoms with E-state index < -0.39 is 0 Å². The summed E-state index contributed by atoms with van der Waals surface area (Å²) in [6, 6.07) is 5.44. The molecule has 1 unspecified atom stereocenters. The summed E-state index contributed by atoms with van der Waals surface area (Å²) in [6.45, 7) is 3.60. The second-order valence-electron chi connectivity index (χ2n) is 6.78. The molecule has 1 atom stereocenters. The number of nitrogens with one attached hydrogen (secondary N) is 2. The number of nitrogens with zero attached hydrogens (tertiary/aromatic N) is 4. The van der Waals surface area contributed by atoms with Crippen LogP contribution in [0.15, 0.2) is 47.5 Å². The fraction of sp³-hybridized carbons (Fsp3) is 0.316. The molecule has 8 nitrogen and oxygen atoms in total. The molecule has 0 saturated carbocycles. The van der Waals surface area contributed by atoms with Gasteiger partial charge in [-0.3, -0.25) is 9.78 Å². The molecule has 4 rings (SSSR count). The molecular formula is C19H20N6O2. The van der Waals surface area contributed by atoms with Crippen molar-refractivity contribution in [2.45, 2.75) is 25.3 Å². The third-order valence-electron chi connectivity index (χ3n) is 4.64. The molecule has 8 heteroatoms. The Morgan fingerprint density at radius 2 is 2.19 bits per heavy atom. The Labute approximate surface area is 156 Å². The highest BCUT2D eigenvalue weighted by atomic mass is 16.3. The maximum atomic E-state index is 12.8. The normalized spacial score (nSPS) is 19.1. The number of hydrogen-bond acceptors (Lipinski definition) is 7. The zero-order valence-corrected chi connectivity index (χ0v) is 15.0. The SMILES string of the molecule is CC1(CNC(=O)c2ncc(-c3ncco3)nc2-c2ccccn2)CCCN1. The molecule has 0 aromatic carbocycles. The van der Waals surface area contributed by atoms with Crippen LogP contribution in [0.4, 0.5) is 0 Å². The molecule has 1 aliphatic heterocycles. The number of hydrogen-bond donors (Lipinski definition) is 2. The molecular weight excluding hydrogens is 344 g/mol. The van der Waals surface area contributed by atoms with Crippen LogP contribution in [-0.2, 0) is 0 Å². The van der Waals surface area contributed by atoms with E-state index in [0.717, 1.165) is 19.4 Å². The minimum atomic E-state index is -0.281. The van der Waals surface area contributed by atoms with Crippen molar-refractivity contribution in [3.05, 3.63) is 48.7 Å². The number of oxazole rings is 1. The Morgan fingerprint density at radius 3 is 2.89 bits per heavy atom. The zero-order valence-electron chi connectivity index (χ0n) is 15.0. The minimum Gasteiger partial charge on any atom is -0.443 e. The van der Waals surface area contributed by atoms with Crippen LogP contribution in [0.2, 0.25) is 0 Å². The summed E-state index contributed by atoms with van der Waals surface area (Å²) in [5, 5.41) is 6.41. The average Bonchev–Trinajstić information content (AvgIpc) is 3.39. The lowest BCUT2D eigenvalue weighted by Gasteiger charge is -2.24. The van der Waals surface area contributed by atoms with Crippen LogP contribution in [0.5, 0.6) is 0 Å². The van der Waals surface area contributed by atoms with Gasteiger partial charge >= 0.3 is 0 Å². The highest BCUT2D eigenvalue weighted by Gasteiger charge is 2.29. The van der Waals surface area contributed by atoms with Crippen molar-refractivity contribution in [1.29, 1.82) is 0 Å². The molecule has 138 valence electrons. The van der Waals surface area contributed by atoms with Crippen LogP contribution in [-0.4, -0.2) is 44.5 Å². The van der Waals surface area contributed by atoms with Crippen LogP contribution >= 0.6 is 0 Å². The number of aromatic nitrogens is 4. The summed E-state index contributed by atoms with van der Waals surface area (Å²) in [6.07, 6.45) is 8.27. The van der Waals surface area contributed by atoms with Crippen LogP contribution in [0.25, 0.3) is 23.0 Å². The Morgan fingerprint density at radius 1 is 1.26 bits per heavy atom. The fourth-order valence-corrected chi connectivity index (χ4v) is 3.16. The molecule has 1 saturated heterocycles. The first-order chi connectivity index (χ1) is 13.1. The van der Waals surface area contributed by atoms with E-state index in [0.29, 0.717) is 29.5 Å². The lowest BCUT2D eigenvalue weighted by atomic mass is 10.0. The van der Waals surface area contributed by atoms with Gasteiger partial charge in [0.25, 0.3) is 5.91 Å². The summed E-state index contributed by atoms with van der Waals surface area (Å²) in [5.41, 5.74) is 1.54. The minimum absolute atomic E-state index is 0.0910. The monoisotopic (exact) mass is 364 g/mol. The second-order valence-corrected chi connectivity index (χ2v) is 6.78. The molecule has 2 N–H and O–H groups in total. The molecule has 1 amide bonds. The summed E-state index contributed by atoms with van der Waals surface area (Å²) < 4.78 is 5.30. The highest BCUT2D eigenvalue weighted by Crippen LogP contribution is 2.23. The quantitative estimate of drug-likeness (QED) is 0.714. The lowest BCUT2D eigenvalue weighted by Crippen LogP contribution is -2.47. The van der Waals surface area contributed by atoms with E-state index in [2.05, 4.69) is 37.5 Å². The smallest absolute Gasteiger partial charge is 0.272 e. The average molecular weight is 364 g/mol. The molecule has 1 aliphatic rings. The first-order valence-corrected chi connectivity index (χ1v) is 8.86. The molecule has 0 bridgehead atoms. The van der Waals surface area contributed by atoms with Crippen LogP contribution in [0.1, 0.15) is 30.3 Å². The zero-order chi connectivity index (χ0) is 18.7. The molecule has 1 fully saturated rings. The maximum Gasteiger partial charge on any atom is 0.272 e. The molecule has 0 radical (unpaired) electrons. The lowest BCUT2D eigenvalue weighted by molar-refractivity contribution is 0.0938. The summed E-state index contributed by atoms with van der Waals surface area (Å²) in [5.74, 6) is 0.0614. The van der Waals surface area contributed by atoms with Crippen molar-refractivity contribution in [3.8, 4) is 23.0 Å². The Kier molecular flexibility index (Phi) is 4.64. The molecule has 27 heavy (non-hydrogen) atoms. The van der Waals surface area contributed by atoms with E-state index in [-0.39, 0.29) is 17.1 Å².